The van der Waals surface area contributed by atoms with Gasteiger partial charge >= 0.3 is 0 Å². The van der Waals surface area contributed by atoms with Crippen LogP contribution in [0.2, 0.25) is 0 Å². The molecule has 2 aromatic carbocycles. The van der Waals surface area contributed by atoms with Gasteiger partial charge in [0.1, 0.15) is 0 Å². The number of nitrogens with one attached hydrogen (secondary N) is 1. The second-order valence-corrected chi connectivity index (χ2v) is 6.68. The molecule has 0 spiro atoms. The summed E-state index contributed by atoms with van der Waals surface area (Å²) in [5, 5.41) is 9.63. The van der Waals surface area contributed by atoms with Crippen molar-refractivity contribution in [1.29, 1.82) is 0 Å². The smallest absolute Gasteiger partial charge is 0.204 e. The minimum atomic E-state index is 0.563. The van der Waals surface area contributed by atoms with Crippen molar-refractivity contribution in [3.8, 4) is 39.8 Å². The van der Waals surface area contributed by atoms with Crippen LogP contribution in [-0.4, -0.2) is 41.3 Å². The van der Waals surface area contributed by atoms with Gasteiger partial charge in [0.2, 0.25) is 5.75 Å². The number of ether oxygens (including phenoxy) is 3. The van der Waals surface area contributed by atoms with E-state index in [2.05, 4.69) is 33.5 Å². The lowest BCUT2D eigenvalue weighted by molar-refractivity contribution is 0.325. The summed E-state index contributed by atoms with van der Waals surface area (Å²) in [4.78, 5) is 3.60. The Morgan fingerprint density at radius 1 is 1.04 bits per heavy atom. The molecular formula is C21H20N4O3. The molecule has 7 heteroatoms. The first-order valence-corrected chi connectivity index (χ1v) is 9.08. The SMILES string of the molecule is COc1cc2c(c(OC)c1OC)-c1[nH]c3ccccc3c1CCn1nncc1-2. The molecule has 4 aromatic rings. The highest BCUT2D eigenvalue weighted by molar-refractivity contribution is 5.98. The van der Waals surface area contributed by atoms with Crippen molar-refractivity contribution in [2.24, 2.45) is 0 Å². The highest BCUT2D eigenvalue weighted by Crippen LogP contribution is 2.51. The van der Waals surface area contributed by atoms with Gasteiger partial charge in [0.05, 0.1) is 44.5 Å². The molecule has 5 rings (SSSR count). The van der Waals surface area contributed by atoms with Crippen LogP contribution in [0.25, 0.3) is 33.4 Å². The zero-order valence-corrected chi connectivity index (χ0v) is 15.9. The fraction of sp³-hybridized carbons (Fsp3) is 0.238. The Morgan fingerprint density at radius 3 is 2.64 bits per heavy atom. The van der Waals surface area contributed by atoms with Crippen molar-refractivity contribution in [3.63, 3.8) is 0 Å². The van der Waals surface area contributed by atoms with Gasteiger partial charge in [0.25, 0.3) is 0 Å². The van der Waals surface area contributed by atoms with E-state index in [4.69, 9.17) is 14.2 Å². The Hall–Kier alpha value is -3.48. The van der Waals surface area contributed by atoms with Crippen molar-refractivity contribution in [2.75, 3.05) is 21.3 Å². The molecule has 0 radical (unpaired) electrons. The van der Waals surface area contributed by atoms with Crippen molar-refractivity contribution in [3.05, 3.63) is 42.1 Å². The van der Waals surface area contributed by atoms with Crippen LogP contribution in [0.4, 0.5) is 0 Å². The summed E-state index contributed by atoms with van der Waals surface area (Å²) in [6, 6.07) is 10.3. The van der Waals surface area contributed by atoms with Crippen LogP contribution in [0, 0.1) is 0 Å². The lowest BCUT2D eigenvalue weighted by Crippen LogP contribution is -2.10. The van der Waals surface area contributed by atoms with Gasteiger partial charge in [-0.25, -0.2) is 4.68 Å². The number of aromatic amines is 1. The van der Waals surface area contributed by atoms with Gasteiger partial charge in [-0.05, 0) is 24.1 Å². The number of methoxy groups -OCH3 is 3. The predicted molar refractivity (Wildman–Crippen MR) is 106 cm³/mol. The number of hydrogen-bond acceptors (Lipinski definition) is 5. The molecule has 0 fully saturated rings. The highest BCUT2D eigenvalue weighted by atomic mass is 16.5. The first-order chi connectivity index (χ1) is 13.8. The summed E-state index contributed by atoms with van der Waals surface area (Å²) in [6.45, 7) is 0.736. The van der Waals surface area contributed by atoms with Gasteiger partial charge in [-0.15, -0.1) is 5.10 Å². The van der Waals surface area contributed by atoms with E-state index < -0.39 is 0 Å². The van der Waals surface area contributed by atoms with E-state index in [9.17, 15) is 0 Å². The van der Waals surface area contributed by atoms with Gasteiger partial charge in [-0.3, -0.25) is 0 Å². The van der Waals surface area contributed by atoms with Crippen molar-refractivity contribution >= 4 is 10.9 Å². The number of para-hydroxylation sites is 1. The van der Waals surface area contributed by atoms with Crippen LogP contribution >= 0.6 is 0 Å². The number of benzene rings is 2. The molecule has 3 heterocycles. The van der Waals surface area contributed by atoms with Gasteiger partial charge in [0, 0.05) is 23.0 Å². The second kappa shape index (κ2) is 6.30. The number of rotatable bonds is 3. The molecule has 0 unspecified atom stereocenters. The van der Waals surface area contributed by atoms with Crippen LogP contribution in [0.15, 0.2) is 36.5 Å². The first kappa shape index (κ1) is 16.7. The number of aryl methyl sites for hydroxylation is 2. The normalized spacial score (nSPS) is 12.5. The van der Waals surface area contributed by atoms with E-state index in [1.807, 2.05) is 16.8 Å². The van der Waals surface area contributed by atoms with Crippen LogP contribution < -0.4 is 14.2 Å². The van der Waals surface area contributed by atoms with Crippen molar-refractivity contribution < 1.29 is 14.2 Å². The summed E-state index contributed by atoms with van der Waals surface area (Å²) in [5.74, 6) is 1.79. The van der Waals surface area contributed by atoms with Crippen LogP contribution in [0.1, 0.15) is 5.56 Å². The van der Waals surface area contributed by atoms with E-state index in [1.165, 1.54) is 10.9 Å². The Bertz CT molecular complexity index is 1190. The van der Waals surface area contributed by atoms with E-state index in [-0.39, 0.29) is 0 Å². The summed E-state index contributed by atoms with van der Waals surface area (Å²) < 4.78 is 19.0. The van der Waals surface area contributed by atoms with E-state index in [1.54, 1.807) is 27.5 Å². The molecule has 142 valence electrons. The molecule has 2 aromatic heterocycles. The number of H-pyrrole nitrogens is 1. The monoisotopic (exact) mass is 376 g/mol. The van der Waals surface area contributed by atoms with Crippen molar-refractivity contribution in [2.45, 2.75) is 13.0 Å². The molecule has 28 heavy (non-hydrogen) atoms. The third-order valence-electron chi connectivity index (χ3n) is 5.36. The fourth-order valence-electron chi connectivity index (χ4n) is 4.13. The summed E-state index contributed by atoms with van der Waals surface area (Å²) in [5.41, 5.74) is 6.12. The Kier molecular flexibility index (Phi) is 3.75. The molecule has 0 saturated carbocycles. The molecule has 1 aliphatic heterocycles. The number of hydrogen-bond donors (Lipinski definition) is 1. The van der Waals surface area contributed by atoms with E-state index >= 15 is 0 Å². The van der Waals surface area contributed by atoms with Crippen LogP contribution in [0.5, 0.6) is 17.2 Å². The largest absolute Gasteiger partial charge is 0.493 e. The summed E-state index contributed by atoms with van der Waals surface area (Å²) >= 11 is 0. The first-order valence-electron chi connectivity index (χ1n) is 9.08. The number of nitrogens with zero attached hydrogens (tertiary/aromatic N) is 3. The average Bonchev–Trinajstić information content (AvgIpc) is 3.33. The molecule has 7 nitrogen and oxygen atoms in total. The fourth-order valence-corrected chi connectivity index (χ4v) is 4.13. The lowest BCUT2D eigenvalue weighted by atomic mass is 9.93. The van der Waals surface area contributed by atoms with Crippen molar-refractivity contribution in [1.82, 2.24) is 20.0 Å². The minimum absolute atomic E-state index is 0.563. The Balaban J connectivity index is 1.95. The molecule has 1 aliphatic rings. The summed E-state index contributed by atoms with van der Waals surface area (Å²) in [7, 11) is 4.89. The van der Waals surface area contributed by atoms with Crippen LogP contribution in [0.3, 0.4) is 0 Å². The molecule has 1 N–H and O–H groups in total. The minimum Gasteiger partial charge on any atom is -0.493 e. The standard InChI is InChI=1S/C21H20N4O3/c1-26-17-10-14-16-11-22-24-25(16)9-8-13-12-6-4-5-7-15(12)23-19(13)18(14)21(28-3)20(17)27-2/h4-7,10-11,23H,8-9H2,1-3H3. The number of aromatic nitrogens is 4. The maximum absolute atomic E-state index is 5.84. The van der Waals surface area contributed by atoms with Crippen LogP contribution in [-0.2, 0) is 13.0 Å². The average molecular weight is 376 g/mol. The van der Waals surface area contributed by atoms with Gasteiger partial charge in [0.15, 0.2) is 11.5 Å². The number of fused-ring (bicyclic) bond motifs is 7. The van der Waals surface area contributed by atoms with E-state index in [0.717, 1.165) is 41.0 Å². The lowest BCUT2D eigenvalue weighted by Gasteiger charge is -2.22. The topological polar surface area (TPSA) is 74.2 Å². The summed E-state index contributed by atoms with van der Waals surface area (Å²) in [6.07, 6.45) is 2.60. The Morgan fingerprint density at radius 2 is 1.86 bits per heavy atom. The van der Waals surface area contributed by atoms with E-state index in [0.29, 0.717) is 17.2 Å². The molecule has 0 amide bonds. The predicted octanol–water partition coefficient (Wildman–Crippen LogP) is 3.68. The third-order valence-corrected chi connectivity index (χ3v) is 5.36. The molecule has 0 bridgehead atoms. The zero-order chi connectivity index (χ0) is 19.3. The van der Waals surface area contributed by atoms with Gasteiger partial charge < -0.3 is 19.2 Å². The molecule has 0 aliphatic carbocycles. The molecule has 0 saturated heterocycles. The maximum atomic E-state index is 5.84. The maximum Gasteiger partial charge on any atom is 0.204 e. The highest BCUT2D eigenvalue weighted by Gasteiger charge is 2.29. The Labute approximate surface area is 161 Å². The van der Waals surface area contributed by atoms with Gasteiger partial charge in [-0.2, -0.15) is 0 Å². The third kappa shape index (κ3) is 2.22. The zero-order valence-electron chi connectivity index (χ0n) is 15.9. The quantitative estimate of drug-likeness (QED) is 0.590. The molecular weight excluding hydrogens is 356 g/mol. The van der Waals surface area contributed by atoms with Gasteiger partial charge in [-0.1, -0.05) is 23.4 Å². The second-order valence-electron chi connectivity index (χ2n) is 6.68. The molecule has 0 atom stereocenters.